The van der Waals surface area contributed by atoms with Crippen molar-refractivity contribution >= 4 is 5.91 Å². The van der Waals surface area contributed by atoms with Crippen LogP contribution >= 0.6 is 0 Å². The molecule has 0 aromatic rings. The van der Waals surface area contributed by atoms with Crippen LogP contribution in [0, 0.1) is 11.8 Å². The predicted octanol–water partition coefficient (Wildman–Crippen LogP) is 1.39. The van der Waals surface area contributed by atoms with Crippen molar-refractivity contribution in [2.24, 2.45) is 11.8 Å². The lowest BCUT2D eigenvalue weighted by molar-refractivity contribution is -0.138. The number of likely N-dealkylation sites (tertiary alicyclic amines) is 1. The molecule has 2 aliphatic heterocycles. The first kappa shape index (κ1) is 14.8. The molecule has 2 N–H and O–H groups in total. The fourth-order valence-electron chi connectivity index (χ4n) is 3.37. The Balaban J connectivity index is 1.82. The zero-order valence-corrected chi connectivity index (χ0v) is 12.3. The molecule has 110 valence electrons. The average molecular weight is 268 g/mol. The van der Waals surface area contributed by atoms with Crippen LogP contribution in [0.5, 0.6) is 0 Å². The van der Waals surface area contributed by atoms with Crippen LogP contribution in [0.4, 0.5) is 0 Å². The van der Waals surface area contributed by atoms with E-state index in [0.29, 0.717) is 24.8 Å². The van der Waals surface area contributed by atoms with E-state index in [1.807, 2.05) is 11.8 Å². The van der Waals surface area contributed by atoms with Crippen molar-refractivity contribution in [3.63, 3.8) is 0 Å². The lowest BCUT2D eigenvalue weighted by Gasteiger charge is -2.38. The Hall–Kier alpha value is -0.610. The van der Waals surface area contributed by atoms with Gasteiger partial charge in [0.05, 0.1) is 5.60 Å². The Morgan fingerprint density at radius 3 is 2.95 bits per heavy atom. The second kappa shape index (κ2) is 6.23. The average Bonchev–Trinajstić information content (AvgIpc) is 2.38. The molecule has 2 heterocycles. The lowest BCUT2D eigenvalue weighted by Crippen LogP contribution is -2.49. The normalized spacial score (nSPS) is 34.1. The Labute approximate surface area is 116 Å². The molecule has 4 heteroatoms. The molecule has 0 aliphatic carbocycles. The number of nitrogens with zero attached hydrogens (tertiary/aromatic N) is 1. The molecule has 2 saturated heterocycles. The largest absolute Gasteiger partial charge is 0.388 e. The molecule has 0 saturated carbocycles. The number of nitrogens with one attached hydrogen (secondary N) is 1. The van der Waals surface area contributed by atoms with Crippen molar-refractivity contribution in [3.05, 3.63) is 0 Å². The van der Waals surface area contributed by atoms with Crippen molar-refractivity contribution in [2.45, 2.75) is 51.6 Å². The highest BCUT2D eigenvalue weighted by Gasteiger charge is 2.32. The fraction of sp³-hybridized carbons (Fsp3) is 0.933. The Kier molecular flexibility index (Phi) is 4.85. The van der Waals surface area contributed by atoms with E-state index in [1.165, 1.54) is 12.8 Å². The molecular formula is C15H28N2O2. The van der Waals surface area contributed by atoms with Gasteiger partial charge in [0, 0.05) is 19.5 Å². The van der Waals surface area contributed by atoms with Gasteiger partial charge >= 0.3 is 0 Å². The number of β-amino-alcohol motifs (C(OH)–C–C–N with tert-alkyl or cyclic N) is 1. The molecule has 3 unspecified atom stereocenters. The van der Waals surface area contributed by atoms with Crippen LogP contribution in [-0.4, -0.2) is 47.7 Å². The van der Waals surface area contributed by atoms with Gasteiger partial charge in [-0.05, 0) is 57.5 Å². The monoisotopic (exact) mass is 268 g/mol. The van der Waals surface area contributed by atoms with Gasteiger partial charge in [-0.25, -0.2) is 0 Å². The summed E-state index contributed by atoms with van der Waals surface area (Å²) in [5.41, 5.74) is -0.691. The van der Waals surface area contributed by atoms with E-state index in [9.17, 15) is 9.90 Å². The molecule has 4 nitrogen and oxygen atoms in total. The van der Waals surface area contributed by atoms with E-state index in [-0.39, 0.29) is 5.91 Å². The lowest BCUT2D eigenvalue weighted by atomic mass is 9.85. The van der Waals surface area contributed by atoms with Crippen molar-refractivity contribution in [1.29, 1.82) is 0 Å². The molecule has 2 rings (SSSR count). The van der Waals surface area contributed by atoms with E-state index in [0.717, 1.165) is 32.5 Å². The summed E-state index contributed by atoms with van der Waals surface area (Å²) in [5.74, 6) is 1.29. The van der Waals surface area contributed by atoms with Crippen LogP contribution in [-0.2, 0) is 4.79 Å². The minimum absolute atomic E-state index is 0.220. The maximum absolute atomic E-state index is 12.3. The third kappa shape index (κ3) is 4.18. The molecule has 1 amide bonds. The van der Waals surface area contributed by atoms with Gasteiger partial charge in [0.1, 0.15) is 0 Å². The van der Waals surface area contributed by atoms with Gasteiger partial charge in [-0.3, -0.25) is 4.79 Å². The zero-order valence-electron chi connectivity index (χ0n) is 12.3. The summed E-state index contributed by atoms with van der Waals surface area (Å²) in [4.78, 5) is 14.2. The van der Waals surface area contributed by atoms with Crippen molar-refractivity contribution in [3.8, 4) is 0 Å². The fourth-order valence-corrected chi connectivity index (χ4v) is 3.37. The van der Waals surface area contributed by atoms with Crippen molar-refractivity contribution < 1.29 is 9.90 Å². The van der Waals surface area contributed by atoms with E-state index in [2.05, 4.69) is 12.2 Å². The van der Waals surface area contributed by atoms with Gasteiger partial charge in [-0.15, -0.1) is 0 Å². The van der Waals surface area contributed by atoms with E-state index < -0.39 is 5.60 Å². The number of rotatable bonds is 3. The number of piperidine rings is 2. The minimum atomic E-state index is -0.691. The predicted molar refractivity (Wildman–Crippen MR) is 75.8 cm³/mol. The van der Waals surface area contributed by atoms with Gasteiger partial charge < -0.3 is 15.3 Å². The summed E-state index contributed by atoms with van der Waals surface area (Å²) >= 11 is 0. The zero-order chi connectivity index (χ0) is 13.9. The number of carbonyl (C=O) groups excluding carboxylic acids is 1. The van der Waals surface area contributed by atoms with E-state index in [1.54, 1.807) is 0 Å². The second-order valence-corrected chi connectivity index (χ2v) is 6.70. The highest BCUT2D eigenvalue weighted by Crippen LogP contribution is 2.25. The van der Waals surface area contributed by atoms with Crippen LogP contribution in [0.25, 0.3) is 0 Å². The molecule has 0 spiro atoms. The number of aliphatic hydroxyl groups is 1. The summed E-state index contributed by atoms with van der Waals surface area (Å²) < 4.78 is 0. The summed E-state index contributed by atoms with van der Waals surface area (Å²) in [6.07, 6.45) is 4.81. The van der Waals surface area contributed by atoms with Crippen molar-refractivity contribution in [1.82, 2.24) is 10.2 Å². The highest BCUT2D eigenvalue weighted by molar-refractivity contribution is 5.76. The third-order valence-electron chi connectivity index (χ3n) is 4.66. The third-order valence-corrected chi connectivity index (χ3v) is 4.66. The maximum atomic E-state index is 12.3. The Bertz CT molecular complexity index is 311. The second-order valence-electron chi connectivity index (χ2n) is 6.70. The molecule has 0 bridgehead atoms. The van der Waals surface area contributed by atoms with Crippen LogP contribution in [0.15, 0.2) is 0 Å². The molecule has 0 radical (unpaired) electrons. The van der Waals surface area contributed by atoms with Gasteiger partial charge in [-0.2, -0.15) is 0 Å². The first-order chi connectivity index (χ1) is 8.98. The van der Waals surface area contributed by atoms with Gasteiger partial charge in [-0.1, -0.05) is 6.92 Å². The molecule has 2 fully saturated rings. The summed E-state index contributed by atoms with van der Waals surface area (Å²) in [7, 11) is 0. The van der Waals surface area contributed by atoms with Crippen LogP contribution in [0.1, 0.15) is 46.0 Å². The molecule has 0 aromatic heterocycles. The van der Waals surface area contributed by atoms with Crippen LogP contribution in [0.3, 0.4) is 0 Å². The van der Waals surface area contributed by atoms with E-state index >= 15 is 0 Å². The SMILES string of the molecule is CC(CC(=O)N1CCCC(C)(O)C1)C1CCCNC1. The summed E-state index contributed by atoms with van der Waals surface area (Å²) in [6, 6.07) is 0. The van der Waals surface area contributed by atoms with Gasteiger partial charge in [0.2, 0.25) is 5.91 Å². The smallest absolute Gasteiger partial charge is 0.222 e. The molecular weight excluding hydrogens is 240 g/mol. The highest BCUT2D eigenvalue weighted by atomic mass is 16.3. The molecule has 19 heavy (non-hydrogen) atoms. The maximum Gasteiger partial charge on any atom is 0.222 e. The number of amides is 1. The van der Waals surface area contributed by atoms with E-state index in [4.69, 9.17) is 0 Å². The number of carbonyl (C=O) groups is 1. The summed E-state index contributed by atoms with van der Waals surface area (Å²) in [6.45, 7) is 7.50. The number of hydrogen-bond donors (Lipinski definition) is 2. The van der Waals surface area contributed by atoms with Gasteiger partial charge in [0.25, 0.3) is 0 Å². The Morgan fingerprint density at radius 1 is 1.53 bits per heavy atom. The molecule has 3 atom stereocenters. The standard InChI is InChI=1S/C15H28N2O2/c1-12(13-5-3-7-16-10-13)9-14(18)17-8-4-6-15(2,19)11-17/h12-13,16,19H,3-11H2,1-2H3. The minimum Gasteiger partial charge on any atom is -0.388 e. The molecule has 0 aromatic carbocycles. The van der Waals surface area contributed by atoms with Crippen LogP contribution < -0.4 is 5.32 Å². The van der Waals surface area contributed by atoms with Crippen LogP contribution in [0.2, 0.25) is 0 Å². The Morgan fingerprint density at radius 2 is 2.32 bits per heavy atom. The topological polar surface area (TPSA) is 52.6 Å². The first-order valence-corrected chi connectivity index (χ1v) is 7.69. The van der Waals surface area contributed by atoms with Gasteiger partial charge in [0.15, 0.2) is 0 Å². The first-order valence-electron chi connectivity index (χ1n) is 7.69. The summed E-state index contributed by atoms with van der Waals surface area (Å²) in [5, 5.41) is 13.5. The molecule has 2 aliphatic rings. The quantitative estimate of drug-likeness (QED) is 0.813. The number of hydrogen-bond acceptors (Lipinski definition) is 3. The van der Waals surface area contributed by atoms with Crippen molar-refractivity contribution in [2.75, 3.05) is 26.2 Å².